The molecule has 0 aliphatic rings. The summed E-state index contributed by atoms with van der Waals surface area (Å²) >= 11 is -0.177. The van der Waals surface area contributed by atoms with Crippen LogP contribution in [0.2, 0.25) is 0 Å². The predicted molar refractivity (Wildman–Crippen MR) is 32.3 cm³/mol. The second kappa shape index (κ2) is 4.38. The molecule has 0 aromatic rings. The van der Waals surface area contributed by atoms with Gasteiger partial charge in [-0.1, -0.05) is 0 Å². The van der Waals surface area contributed by atoms with E-state index in [0.717, 1.165) is 0 Å². The van der Waals surface area contributed by atoms with Crippen LogP contribution in [0.4, 0.5) is 17.6 Å². The zero-order chi connectivity index (χ0) is 8.58. The molecule has 0 heterocycles. The summed E-state index contributed by atoms with van der Waals surface area (Å²) in [6, 6.07) is 0. The van der Waals surface area contributed by atoms with E-state index in [1.807, 2.05) is 0 Å². The molecular formula is C2HClF4NaO2S. The summed E-state index contributed by atoms with van der Waals surface area (Å²) in [5.41, 5.74) is 0. The SMILES string of the molecule is O=S(O)C(F)(F)C(F)(F)Cl.[Na]. The number of hydrogen-bond donors (Lipinski definition) is 1. The maximum atomic E-state index is 11.6. The van der Waals surface area contributed by atoms with Gasteiger partial charge >= 0.3 is 10.6 Å². The van der Waals surface area contributed by atoms with E-state index in [0.29, 0.717) is 0 Å². The van der Waals surface area contributed by atoms with E-state index in [4.69, 9.17) is 4.55 Å². The Morgan fingerprint density at radius 1 is 1.27 bits per heavy atom. The Hall–Kier alpha value is 1.12. The van der Waals surface area contributed by atoms with Crippen molar-refractivity contribution in [1.29, 1.82) is 0 Å². The van der Waals surface area contributed by atoms with Crippen molar-refractivity contribution in [1.82, 2.24) is 0 Å². The van der Waals surface area contributed by atoms with Gasteiger partial charge in [0.05, 0.1) is 0 Å². The van der Waals surface area contributed by atoms with E-state index in [1.165, 1.54) is 0 Å². The Kier molecular flexibility index (Phi) is 5.83. The van der Waals surface area contributed by atoms with Gasteiger partial charge in [0.1, 0.15) is 0 Å². The van der Waals surface area contributed by atoms with Gasteiger partial charge < -0.3 is 4.55 Å². The van der Waals surface area contributed by atoms with E-state index in [-0.39, 0.29) is 29.6 Å². The maximum Gasteiger partial charge on any atom is 0.421 e. The smallest absolute Gasteiger partial charge is 0.301 e. The molecule has 0 saturated heterocycles. The van der Waals surface area contributed by atoms with Gasteiger partial charge in [0.15, 0.2) is 0 Å². The summed E-state index contributed by atoms with van der Waals surface area (Å²) in [5.74, 6) is 0. The van der Waals surface area contributed by atoms with Gasteiger partial charge in [-0.3, -0.25) is 0 Å². The Balaban J connectivity index is 0. The van der Waals surface area contributed by atoms with Crippen molar-refractivity contribution in [3.8, 4) is 0 Å². The van der Waals surface area contributed by atoms with Crippen molar-refractivity contribution in [2.45, 2.75) is 10.6 Å². The molecule has 0 aliphatic carbocycles. The summed E-state index contributed by atoms with van der Waals surface area (Å²) in [5, 5.41) is -10.1. The zero-order valence-electron chi connectivity index (χ0n) is 5.15. The molecule has 1 N–H and O–H groups in total. The van der Waals surface area contributed by atoms with E-state index in [9.17, 15) is 21.8 Å². The first-order valence-electron chi connectivity index (χ1n) is 1.75. The van der Waals surface area contributed by atoms with Crippen LogP contribution in [0, 0.1) is 0 Å². The van der Waals surface area contributed by atoms with E-state index in [2.05, 4.69) is 11.6 Å². The monoisotopic (exact) mass is 223 g/mol. The van der Waals surface area contributed by atoms with E-state index in [1.54, 1.807) is 0 Å². The van der Waals surface area contributed by atoms with Gasteiger partial charge in [0.25, 0.3) is 0 Å². The Morgan fingerprint density at radius 3 is 1.55 bits per heavy atom. The fourth-order valence-electron chi connectivity index (χ4n) is 0.0990. The Morgan fingerprint density at radius 2 is 1.55 bits per heavy atom. The topological polar surface area (TPSA) is 37.3 Å². The molecule has 0 bridgehead atoms. The van der Waals surface area contributed by atoms with Crippen molar-refractivity contribution >= 4 is 52.2 Å². The first-order valence-corrected chi connectivity index (χ1v) is 3.23. The van der Waals surface area contributed by atoms with Gasteiger partial charge in [-0.2, -0.15) is 17.6 Å². The van der Waals surface area contributed by atoms with Crippen LogP contribution >= 0.6 is 11.6 Å². The first kappa shape index (κ1) is 14.6. The van der Waals surface area contributed by atoms with Gasteiger partial charge in [0.2, 0.25) is 11.1 Å². The second-order valence-electron chi connectivity index (χ2n) is 1.26. The molecule has 1 atom stereocenters. The molecule has 0 aliphatic heterocycles. The first-order chi connectivity index (χ1) is 4.19. The second-order valence-corrected chi connectivity index (χ2v) is 2.75. The maximum absolute atomic E-state index is 11.6. The fourth-order valence-corrected chi connectivity index (χ4v) is 0.495. The van der Waals surface area contributed by atoms with Crippen LogP contribution < -0.4 is 0 Å². The fraction of sp³-hybridized carbons (Fsp3) is 1.00. The van der Waals surface area contributed by atoms with Crippen molar-refractivity contribution in [2.75, 3.05) is 0 Å². The Bertz CT molecular complexity index is 159. The normalized spacial score (nSPS) is 15.5. The molecular weight excluding hydrogens is 223 g/mol. The van der Waals surface area contributed by atoms with E-state index >= 15 is 0 Å². The minimum absolute atomic E-state index is 0. The predicted octanol–water partition coefficient (Wildman–Crippen LogP) is 1.25. The number of alkyl halides is 5. The quantitative estimate of drug-likeness (QED) is 0.331. The number of hydrogen-bond acceptors (Lipinski definition) is 1. The molecule has 0 fully saturated rings. The van der Waals surface area contributed by atoms with Crippen LogP contribution in [-0.4, -0.2) is 49.0 Å². The van der Waals surface area contributed by atoms with Crippen LogP contribution in [0.5, 0.6) is 0 Å². The molecule has 0 aromatic carbocycles. The van der Waals surface area contributed by atoms with Crippen molar-refractivity contribution in [2.24, 2.45) is 0 Å². The molecule has 0 saturated carbocycles. The third-order valence-corrected chi connectivity index (χ3v) is 1.59. The molecule has 11 heavy (non-hydrogen) atoms. The van der Waals surface area contributed by atoms with E-state index < -0.39 is 21.7 Å². The summed E-state index contributed by atoms with van der Waals surface area (Å²) in [6.45, 7) is 0. The van der Waals surface area contributed by atoms with Crippen LogP contribution in [0.15, 0.2) is 0 Å². The summed E-state index contributed by atoms with van der Waals surface area (Å²) < 4.78 is 63.1. The molecule has 1 radical (unpaired) electrons. The number of rotatable bonds is 2. The van der Waals surface area contributed by atoms with Crippen molar-refractivity contribution in [3.05, 3.63) is 0 Å². The van der Waals surface area contributed by atoms with Crippen LogP contribution in [0.1, 0.15) is 0 Å². The average molecular weight is 224 g/mol. The largest absolute Gasteiger partial charge is 0.421 e. The van der Waals surface area contributed by atoms with Gasteiger partial charge in [-0.25, -0.2) is 4.21 Å². The van der Waals surface area contributed by atoms with Crippen molar-refractivity contribution < 1.29 is 26.3 Å². The van der Waals surface area contributed by atoms with Crippen LogP contribution in [-0.2, 0) is 11.1 Å². The average Bonchev–Trinajstić information content (AvgIpc) is 1.62. The molecule has 0 aromatic heterocycles. The standard InChI is InChI=1S/C2HClF4O2S.Na/c3-1(4,5)2(6,7)10(8)9;/h(H,8,9);. The van der Waals surface area contributed by atoms with Crippen molar-refractivity contribution in [3.63, 3.8) is 0 Å². The molecule has 0 amide bonds. The molecule has 0 rings (SSSR count). The minimum atomic E-state index is -5.10. The number of halogens is 5. The molecule has 9 heteroatoms. The minimum Gasteiger partial charge on any atom is -0.301 e. The van der Waals surface area contributed by atoms with Crippen LogP contribution in [0.25, 0.3) is 0 Å². The third kappa shape index (κ3) is 3.56. The van der Waals surface area contributed by atoms with Gasteiger partial charge in [0, 0.05) is 29.6 Å². The molecule has 1 unspecified atom stereocenters. The summed E-state index contributed by atoms with van der Waals surface area (Å²) in [6.07, 6.45) is 0. The Labute approximate surface area is 88.9 Å². The zero-order valence-corrected chi connectivity index (χ0v) is 8.73. The van der Waals surface area contributed by atoms with Gasteiger partial charge in [-0.15, -0.1) is 0 Å². The molecule has 2 nitrogen and oxygen atoms in total. The molecule has 0 spiro atoms. The summed E-state index contributed by atoms with van der Waals surface area (Å²) in [7, 11) is 0. The third-order valence-electron chi connectivity index (χ3n) is 0.549. The van der Waals surface area contributed by atoms with Crippen LogP contribution in [0.3, 0.4) is 0 Å². The van der Waals surface area contributed by atoms with Gasteiger partial charge in [-0.05, 0) is 11.6 Å². The molecule has 63 valence electrons. The summed E-state index contributed by atoms with van der Waals surface area (Å²) in [4.78, 5) is 0.